The highest BCUT2D eigenvalue weighted by Crippen LogP contribution is 2.15. The van der Waals surface area contributed by atoms with Crippen LogP contribution in [0.2, 0.25) is 0 Å². The maximum absolute atomic E-state index is 11.8. The summed E-state index contributed by atoms with van der Waals surface area (Å²) in [6, 6.07) is 13.9. The second-order valence-electron chi connectivity index (χ2n) is 4.14. The Balaban J connectivity index is 1.92. The van der Waals surface area contributed by atoms with Crippen LogP contribution >= 0.6 is 15.9 Å². The highest BCUT2D eigenvalue weighted by Gasteiger charge is 2.07. The van der Waals surface area contributed by atoms with Crippen molar-refractivity contribution in [2.75, 3.05) is 7.11 Å². The van der Waals surface area contributed by atoms with Crippen molar-refractivity contribution in [1.82, 2.24) is 5.48 Å². The number of benzene rings is 2. The molecule has 0 spiro atoms. The summed E-state index contributed by atoms with van der Waals surface area (Å²) in [5, 5.41) is 0. The number of nitrogens with two attached hydrogens (primary N) is 1. The van der Waals surface area contributed by atoms with Gasteiger partial charge in [-0.2, -0.15) is 23.2 Å². The average molecular weight is 350 g/mol. The minimum atomic E-state index is -0.515. The number of methoxy groups -OCH3 is 1. The Morgan fingerprint density at radius 2 is 1.76 bits per heavy atom. The molecule has 0 unspecified atom stereocenters. The van der Waals surface area contributed by atoms with Crippen molar-refractivity contribution in [3.05, 3.63) is 70.3 Å². The van der Waals surface area contributed by atoms with Crippen LogP contribution in [-0.2, 0) is 4.84 Å². The summed E-state index contributed by atoms with van der Waals surface area (Å²) < 4.78 is 5.94. The van der Waals surface area contributed by atoms with E-state index < -0.39 is 5.97 Å². The number of carbonyl (C=O) groups is 1. The molecule has 0 heterocycles. The van der Waals surface area contributed by atoms with Gasteiger partial charge in [-0.1, -0.05) is 28.1 Å². The van der Waals surface area contributed by atoms with E-state index in [-0.39, 0.29) is 6.17 Å². The van der Waals surface area contributed by atoms with Gasteiger partial charge in [0.25, 0.3) is 0 Å². The fourth-order valence-electron chi connectivity index (χ4n) is 1.58. The van der Waals surface area contributed by atoms with E-state index in [4.69, 9.17) is 15.3 Å². The van der Waals surface area contributed by atoms with Gasteiger partial charge in [-0.25, -0.2) is 4.79 Å². The molecular formula is C15H14BrN2O3-. The number of hydrogen-bond acceptors (Lipinski definition) is 5. The molecule has 0 saturated carbocycles. The molecule has 0 radical (unpaired) electrons. The molecule has 0 aromatic heterocycles. The van der Waals surface area contributed by atoms with Crippen LogP contribution < -0.4 is 16.0 Å². The SMILES string of the molecule is COc1ccc([C-](N)NOC(=O)c2ccc(Br)cc2)cc1. The average Bonchev–Trinajstić information content (AvgIpc) is 2.53. The first-order chi connectivity index (χ1) is 10.1. The quantitative estimate of drug-likeness (QED) is 0.641. The molecular weight excluding hydrogens is 336 g/mol. The largest absolute Gasteiger partial charge is 0.499 e. The molecule has 3 N–H and O–H groups in total. The summed E-state index contributed by atoms with van der Waals surface area (Å²) in [5.41, 5.74) is 9.38. The third-order valence-corrected chi connectivity index (χ3v) is 3.26. The number of halogens is 1. The number of carbonyl (C=O) groups excluding carboxylic acids is 1. The standard InChI is InChI=1S/C15H14BrN2O3/c1-20-13-8-4-10(5-9-13)14(17)18-21-15(19)11-2-6-12(16)7-3-11/h2-9,18H,17H2,1H3/q-1. The van der Waals surface area contributed by atoms with Crippen molar-refractivity contribution in [3.8, 4) is 5.75 Å². The van der Waals surface area contributed by atoms with E-state index in [0.717, 1.165) is 10.2 Å². The summed E-state index contributed by atoms with van der Waals surface area (Å²) in [5.74, 6) is 0.206. The Labute approximate surface area is 131 Å². The molecule has 0 aliphatic carbocycles. The molecule has 6 heteroatoms. The molecule has 0 amide bonds. The lowest BCUT2D eigenvalue weighted by Crippen LogP contribution is -2.32. The molecule has 5 nitrogen and oxygen atoms in total. The van der Waals surface area contributed by atoms with E-state index >= 15 is 0 Å². The van der Waals surface area contributed by atoms with Crippen molar-refractivity contribution in [3.63, 3.8) is 0 Å². The lowest BCUT2D eigenvalue weighted by molar-refractivity contribution is 0.0280. The van der Waals surface area contributed by atoms with E-state index in [1.54, 1.807) is 55.6 Å². The van der Waals surface area contributed by atoms with Gasteiger partial charge >= 0.3 is 5.97 Å². The highest BCUT2D eigenvalue weighted by molar-refractivity contribution is 9.10. The molecule has 110 valence electrons. The smallest absolute Gasteiger partial charge is 0.356 e. The third-order valence-electron chi connectivity index (χ3n) is 2.73. The fourth-order valence-corrected chi connectivity index (χ4v) is 1.84. The van der Waals surface area contributed by atoms with Crippen LogP contribution in [0.4, 0.5) is 0 Å². The monoisotopic (exact) mass is 349 g/mol. The second-order valence-corrected chi connectivity index (χ2v) is 5.06. The first kappa shape index (κ1) is 15.4. The summed E-state index contributed by atoms with van der Waals surface area (Å²) in [6.45, 7) is 0. The predicted molar refractivity (Wildman–Crippen MR) is 82.2 cm³/mol. The molecule has 0 saturated heterocycles. The van der Waals surface area contributed by atoms with E-state index in [1.165, 1.54) is 0 Å². The van der Waals surface area contributed by atoms with Crippen LogP contribution in [0, 0.1) is 6.17 Å². The van der Waals surface area contributed by atoms with Crippen molar-refractivity contribution < 1.29 is 14.4 Å². The van der Waals surface area contributed by atoms with Crippen molar-refractivity contribution in [2.24, 2.45) is 5.73 Å². The van der Waals surface area contributed by atoms with E-state index in [0.29, 0.717) is 11.1 Å². The lowest BCUT2D eigenvalue weighted by atomic mass is 10.2. The van der Waals surface area contributed by atoms with Crippen LogP contribution in [0.1, 0.15) is 15.9 Å². The van der Waals surface area contributed by atoms with Crippen molar-refractivity contribution in [2.45, 2.75) is 0 Å². The zero-order valence-corrected chi connectivity index (χ0v) is 12.9. The van der Waals surface area contributed by atoms with Gasteiger partial charge in [-0.3, -0.25) is 0 Å². The Morgan fingerprint density at radius 3 is 2.33 bits per heavy atom. The molecule has 0 bridgehead atoms. The summed E-state index contributed by atoms with van der Waals surface area (Å²) in [7, 11) is 1.58. The number of rotatable bonds is 5. The molecule has 0 aliphatic heterocycles. The molecule has 2 aromatic rings. The van der Waals surface area contributed by atoms with Gasteiger partial charge in [0.2, 0.25) is 0 Å². The molecule has 2 rings (SSSR count). The number of nitrogens with one attached hydrogen (secondary N) is 1. The minimum absolute atomic E-state index is 0.239. The minimum Gasteiger partial charge on any atom is -0.499 e. The van der Waals surface area contributed by atoms with Crippen LogP contribution in [0.5, 0.6) is 5.75 Å². The van der Waals surface area contributed by atoms with Crippen molar-refractivity contribution in [1.29, 1.82) is 0 Å². The highest BCUT2D eigenvalue weighted by atomic mass is 79.9. The van der Waals surface area contributed by atoms with Gasteiger partial charge in [0.15, 0.2) is 0 Å². The Morgan fingerprint density at radius 1 is 1.14 bits per heavy atom. The number of hydroxylamine groups is 1. The second kappa shape index (κ2) is 7.12. The van der Waals surface area contributed by atoms with Gasteiger partial charge < -0.3 is 15.3 Å². The normalized spacial score (nSPS) is 10.0. The zero-order chi connectivity index (χ0) is 15.2. The summed E-state index contributed by atoms with van der Waals surface area (Å²) in [4.78, 5) is 16.7. The lowest BCUT2D eigenvalue weighted by Gasteiger charge is -2.21. The topological polar surface area (TPSA) is 73.6 Å². The van der Waals surface area contributed by atoms with E-state index in [9.17, 15) is 4.79 Å². The van der Waals surface area contributed by atoms with E-state index in [1.807, 2.05) is 0 Å². The van der Waals surface area contributed by atoms with Crippen molar-refractivity contribution >= 4 is 21.9 Å². The van der Waals surface area contributed by atoms with Crippen LogP contribution in [0.25, 0.3) is 0 Å². The Kier molecular flexibility index (Phi) is 5.21. The van der Waals surface area contributed by atoms with Gasteiger partial charge in [0.05, 0.1) is 18.4 Å². The fraction of sp³-hybridized carbons (Fsp3) is 0.0667. The maximum atomic E-state index is 11.8. The number of hydrogen-bond donors (Lipinski definition) is 2. The molecule has 2 aromatic carbocycles. The number of ether oxygens (including phenoxy) is 1. The molecule has 0 fully saturated rings. The van der Waals surface area contributed by atoms with Crippen LogP contribution in [0.15, 0.2) is 53.0 Å². The Hall–Kier alpha value is -2.02. The van der Waals surface area contributed by atoms with Gasteiger partial charge in [-0.05, 0) is 30.4 Å². The van der Waals surface area contributed by atoms with Gasteiger partial charge in [0.1, 0.15) is 0 Å². The predicted octanol–water partition coefficient (Wildman–Crippen LogP) is 2.62. The molecule has 0 aliphatic rings. The first-order valence-corrected chi connectivity index (χ1v) is 6.89. The van der Waals surface area contributed by atoms with E-state index in [2.05, 4.69) is 21.4 Å². The van der Waals surface area contributed by atoms with Gasteiger partial charge in [-0.15, -0.1) is 0 Å². The van der Waals surface area contributed by atoms with Crippen LogP contribution in [-0.4, -0.2) is 13.1 Å². The molecule has 21 heavy (non-hydrogen) atoms. The summed E-state index contributed by atoms with van der Waals surface area (Å²) >= 11 is 3.30. The third kappa shape index (κ3) is 4.22. The Bertz CT molecular complexity index is 599. The van der Waals surface area contributed by atoms with Crippen LogP contribution in [0.3, 0.4) is 0 Å². The maximum Gasteiger partial charge on any atom is 0.356 e. The van der Waals surface area contributed by atoms with Gasteiger partial charge in [0, 0.05) is 4.47 Å². The molecule has 0 atom stereocenters. The zero-order valence-electron chi connectivity index (χ0n) is 11.3. The first-order valence-electron chi connectivity index (χ1n) is 6.10. The summed E-state index contributed by atoms with van der Waals surface area (Å²) in [6.07, 6.45) is 0.239.